The van der Waals surface area contributed by atoms with E-state index in [-0.39, 0.29) is 0 Å². The van der Waals surface area contributed by atoms with Crippen molar-refractivity contribution in [3.05, 3.63) is 0 Å². The standard InChI is InChI=1S/C51H85N3O39/c1-12-26(66)33(73)35(75)46(82-12)92-43-42(91-45-25(53-14(3)62)39(29(69)18(7-57)84-45)89-47-36(76)34(74)28(68)17(6-56)85-47)31(71)20(9-59)87-49(43)90-41-30(70)19(8-58)86-48(37(41)77)88-38-24(52-13(2)61)44(78)83-21(32(38)72)11-81-51(50(79)80)4-15(63)23(54-22(65)10-60)40(93-51)27(67)16(64)5-55/h12,15-21,23-49,55-60,63-64,66-78H,4-11H2,1-3H3,(H,52,61)(H,53,62)(H,54,65)(H,79,80)/t12-,15-,16+,17+,18+,19+,20+,21+,23+,24+,25+,26+,27+,28-,29-,30-,31-,32-,33+,34-,35-,36+,37+,38+,39+,40+,41-,42-,43+,44?,45+,46-,47+,48-,49-,51+/m0/s1. The van der Waals surface area contributed by atoms with E-state index in [1.54, 1.807) is 0 Å². The molecular weight excluding hydrogens is 1280 g/mol. The minimum atomic E-state index is -3.12. The van der Waals surface area contributed by atoms with Gasteiger partial charge in [0.25, 0.3) is 5.79 Å². The van der Waals surface area contributed by atoms with E-state index in [1.165, 1.54) is 6.92 Å². The van der Waals surface area contributed by atoms with Crippen LogP contribution in [-0.2, 0) is 80.8 Å². The van der Waals surface area contributed by atoms with Crippen LogP contribution >= 0.6 is 0 Å². The average Bonchev–Trinajstić information content (AvgIpc) is 0.773. The van der Waals surface area contributed by atoms with Crippen LogP contribution in [0.3, 0.4) is 0 Å². The number of nitrogens with one attached hydrogen (secondary N) is 3. The molecule has 0 aromatic heterocycles. The average molecular weight is 1360 g/mol. The number of amides is 3. The van der Waals surface area contributed by atoms with Crippen LogP contribution < -0.4 is 16.0 Å². The van der Waals surface area contributed by atoms with E-state index in [0.29, 0.717) is 0 Å². The molecule has 7 rings (SSSR count). The van der Waals surface area contributed by atoms with E-state index in [1.807, 2.05) is 0 Å². The third kappa shape index (κ3) is 16.8. The van der Waals surface area contributed by atoms with Crippen molar-refractivity contribution < 1.29 is 193 Å². The minimum absolute atomic E-state index is 0.929. The quantitative estimate of drug-likeness (QED) is 0.0404. The van der Waals surface area contributed by atoms with Gasteiger partial charge < -0.3 is 190 Å². The van der Waals surface area contributed by atoms with Gasteiger partial charge in [-0.2, -0.15) is 0 Å². The lowest BCUT2D eigenvalue weighted by atomic mass is 9.88. The lowest BCUT2D eigenvalue weighted by Crippen LogP contribution is -2.71. The maximum absolute atomic E-state index is 13.0. The highest BCUT2D eigenvalue weighted by Crippen LogP contribution is 2.40. The fourth-order valence-corrected chi connectivity index (χ4v) is 11.7. The summed E-state index contributed by atoms with van der Waals surface area (Å²) in [6, 6.07) is -5.61. The second-order valence-corrected chi connectivity index (χ2v) is 23.2. The topological polar surface area (TPSA) is 669 Å². The highest BCUT2D eigenvalue weighted by Gasteiger charge is 2.61. The van der Waals surface area contributed by atoms with E-state index >= 15 is 0 Å². The lowest BCUT2D eigenvalue weighted by molar-refractivity contribution is -0.406. The number of carbonyl (C=O) groups is 4. The molecule has 7 aliphatic heterocycles. The van der Waals surface area contributed by atoms with E-state index in [9.17, 15) is 132 Å². The van der Waals surface area contributed by atoms with Gasteiger partial charge in [-0.05, 0) is 6.92 Å². The highest BCUT2D eigenvalue weighted by molar-refractivity contribution is 5.78. The predicted octanol–water partition coefficient (Wildman–Crippen LogP) is -16.6. The molecule has 0 radical (unpaired) electrons. The Labute approximate surface area is 525 Å². The number of hydrogen-bond acceptors (Lipinski definition) is 38. The molecule has 538 valence electrons. The maximum atomic E-state index is 13.0. The summed E-state index contributed by atoms with van der Waals surface area (Å²) in [5.74, 6) is -8.23. The van der Waals surface area contributed by atoms with Crippen LogP contribution in [0.5, 0.6) is 0 Å². The molecule has 0 aromatic carbocycles. The van der Waals surface area contributed by atoms with Gasteiger partial charge in [-0.15, -0.1) is 0 Å². The summed E-state index contributed by atoms with van der Waals surface area (Å²) in [7, 11) is 0. The number of carboxylic acids is 1. The molecule has 7 aliphatic rings. The molecule has 0 aromatic rings. The molecule has 0 spiro atoms. The molecule has 3 amide bonds. The van der Waals surface area contributed by atoms with Crippen LogP contribution in [0.25, 0.3) is 0 Å². The summed E-state index contributed by atoms with van der Waals surface area (Å²) in [5, 5.41) is 246. The van der Waals surface area contributed by atoms with Crippen LogP contribution in [0, 0.1) is 0 Å². The van der Waals surface area contributed by atoms with Crippen LogP contribution in [0.2, 0.25) is 0 Å². The second-order valence-electron chi connectivity index (χ2n) is 23.2. The number of aliphatic hydroxyl groups is 21. The van der Waals surface area contributed by atoms with E-state index < -0.39 is 297 Å². The molecule has 42 heteroatoms. The van der Waals surface area contributed by atoms with Gasteiger partial charge in [0.2, 0.25) is 17.7 Å². The Morgan fingerprint density at radius 2 is 0.914 bits per heavy atom. The molecule has 36 atom stereocenters. The summed E-state index contributed by atoms with van der Waals surface area (Å²) in [4.78, 5) is 50.8. The number of aliphatic carboxylic acids is 1. The molecule has 0 bridgehead atoms. The van der Waals surface area contributed by atoms with Crippen molar-refractivity contribution in [2.75, 3.05) is 46.2 Å². The summed E-state index contributed by atoms with van der Waals surface area (Å²) in [5.41, 5.74) is 0. The van der Waals surface area contributed by atoms with Crippen molar-refractivity contribution in [3.63, 3.8) is 0 Å². The molecule has 7 saturated heterocycles. The number of rotatable bonds is 25. The smallest absolute Gasteiger partial charge is 0.364 e. The van der Waals surface area contributed by atoms with E-state index in [4.69, 9.17) is 61.6 Å². The first-order valence-corrected chi connectivity index (χ1v) is 29.3. The van der Waals surface area contributed by atoms with E-state index in [0.717, 1.165) is 13.8 Å². The number of carbonyl (C=O) groups excluding carboxylic acids is 3. The van der Waals surface area contributed by atoms with Gasteiger partial charge in [0.1, 0.15) is 165 Å². The van der Waals surface area contributed by atoms with Gasteiger partial charge in [-0.1, -0.05) is 0 Å². The first-order valence-electron chi connectivity index (χ1n) is 29.3. The van der Waals surface area contributed by atoms with Crippen LogP contribution in [0.1, 0.15) is 27.2 Å². The van der Waals surface area contributed by atoms with Gasteiger partial charge in [0.05, 0.1) is 57.9 Å². The molecule has 0 aliphatic carbocycles. The molecule has 93 heavy (non-hydrogen) atoms. The van der Waals surface area contributed by atoms with Gasteiger partial charge >= 0.3 is 5.97 Å². The normalized spacial score (nSPS) is 47.2. The summed E-state index contributed by atoms with van der Waals surface area (Å²) in [6.45, 7) is -4.93. The predicted molar refractivity (Wildman–Crippen MR) is 284 cm³/mol. The molecule has 1 unspecified atom stereocenters. The summed E-state index contributed by atoms with van der Waals surface area (Å²) >= 11 is 0. The zero-order valence-corrected chi connectivity index (χ0v) is 49.6. The Morgan fingerprint density at radius 1 is 0.473 bits per heavy atom. The molecular formula is C51H85N3O39. The Kier molecular flexibility index (Phi) is 27.2. The zero-order chi connectivity index (χ0) is 69.0. The second kappa shape index (κ2) is 32.9. The molecule has 0 saturated carbocycles. The Hall–Kier alpha value is -3.48. The van der Waals surface area contributed by atoms with Crippen molar-refractivity contribution in [1.82, 2.24) is 16.0 Å². The van der Waals surface area contributed by atoms with E-state index in [2.05, 4.69) is 16.0 Å². The van der Waals surface area contributed by atoms with Crippen molar-refractivity contribution in [2.45, 2.75) is 248 Å². The molecule has 7 heterocycles. The van der Waals surface area contributed by atoms with Crippen molar-refractivity contribution in [3.8, 4) is 0 Å². The fourth-order valence-electron chi connectivity index (χ4n) is 11.7. The van der Waals surface area contributed by atoms with Gasteiger partial charge in [-0.3, -0.25) is 14.4 Å². The minimum Gasteiger partial charge on any atom is -0.477 e. The van der Waals surface area contributed by atoms with Crippen molar-refractivity contribution in [1.29, 1.82) is 0 Å². The first-order chi connectivity index (χ1) is 43.8. The number of carboxylic acid groups (broad SMARTS) is 1. The Balaban J connectivity index is 1.22. The Bertz CT molecular complexity index is 2420. The molecule has 42 nitrogen and oxygen atoms in total. The third-order valence-electron chi connectivity index (χ3n) is 16.8. The largest absolute Gasteiger partial charge is 0.477 e. The zero-order valence-electron chi connectivity index (χ0n) is 49.6. The first kappa shape index (κ1) is 76.9. The SMILES string of the molecule is CC(=O)N[C@H]1[C@@H](O[C@H]2[C@@H](O)[C@@H](CO)O[C@@H](O[C@H]3[C@@H](O)[C@@H](CO)O[C@@H](O[C@H]4[C@@H](O)[C@@H](CO[C@]5(C(=O)O)C[C@H](O)[C@@H](NC(=O)CO)[C@H]([C@H](O)[C@H](O)CO)O5)OC(O)[C@@H]4NC(C)=O)[C@@H]3O)[C@@H]2O[C@@H]2O[C@@H](C)[C@@H](O)[C@@H](O)[C@@H]2O)O[C@H](CO)[C@H](O)[C@@H]1O[C@H]1O[C@H](CO)[C@H](O)[C@H](O)[C@H]1O. The highest BCUT2D eigenvalue weighted by atomic mass is 16.8. The summed E-state index contributed by atoms with van der Waals surface area (Å²) in [6.07, 6.45) is -68.2. The van der Waals surface area contributed by atoms with Gasteiger partial charge in [-0.25, -0.2) is 4.79 Å². The van der Waals surface area contributed by atoms with Gasteiger partial charge in [0.15, 0.2) is 37.7 Å². The van der Waals surface area contributed by atoms with Crippen molar-refractivity contribution >= 4 is 23.7 Å². The van der Waals surface area contributed by atoms with Crippen LogP contribution in [0.4, 0.5) is 0 Å². The number of aliphatic hydroxyl groups excluding tert-OH is 21. The fraction of sp³-hybridized carbons (Fsp3) is 0.922. The molecule has 7 fully saturated rings. The van der Waals surface area contributed by atoms with Gasteiger partial charge in [0, 0.05) is 20.3 Å². The Morgan fingerprint density at radius 3 is 1.45 bits per heavy atom. The van der Waals surface area contributed by atoms with Crippen LogP contribution in [-0.4, -0.2) is 403 Å². The van der Waals surface area contributed by atoms with Crippen LogP contribution in [0.15, 0.2) is 0 Å². The monoisotopic (exact) mass is 1360 g/mol. The third-order valence-corrected chi connectivity index (χ3v) is 16.8. The number of ether oxygens (including phenoxy) is 13. The lowest BCUT2D eigenvalue weighted by Gasteiger charge is -2.52. The summed E-state index contributed by atoms with van der Waals surface area (Å²) < 4.78 is 75.9. The number of hydrogen-bond donors (Lipinski definition) is 25. The molecule has 25 N–H and O–H groups in total. The van der Waals surface area contributed by atoms with Crippen molar-refractivity contribution in [2.24, 2.45) is 0 Å². The maximum Gasteiger partial charge on any atom is 0.364 e.